The van der Waals surface area contributed by atoms with Gasteiger partial charge in [-0.2, -0.15) is 0 Å². The van der Waals surface area contributed by atoms with Crippen molar-refractivity contribution in [1.82, 2.24) is 0 Å². The van der Waals surface area contributed by atoms with Gasteiger partial charge in [0.15, 0.2) is 0 Å². The van der Waals surface area contributed by atoms with E-state index in [0.29, 0.717) is 5.41 Å². The van der Waals surface area contributed by atoms with Crippen molar-refractivity contribution >= 4 is 0 Å². The van der Waals surface area contributed by atoms with Gasteiger partial charge in [0.25, 0.3) is 0 Å². The molecule has 0 atom stereocenters. The van der Waals surface area contributed by atoms with Crippen LogP contribution in [0.3, 0.4) is 0 Å². The molecule has 0 saturated heterocycles. The summed E-state index contributed by atoms with van der Waals surface area (Å²) in [6, 6.07) is 10.2. The molecule has 0 nitrogen and oxygen atoms in total. The van der Waals surface area contributed by atoms with Crippen LogP contribution in [-0.4, -0.2) is 0 Å². The molecule has 0 aromatic heterocycles. The largest absolute Gasteiger partial charge is 0.0875 e. The van der Waals surface area contributed by atoms with Crippen molar-refractivity contribution in [2.45, 2.75) is 53.9 Å². The highest BCUT2D eigenvalue weighted by atomic mass is 14.3. The first kappa shape index (κ1) is 16.6. The minimum absolute atomic E-state index is 0.114. The minimum Gasteiger partial charge on any atom is -0.0875 e. The molecule has 0 radical (unpaired) electrons. The lowest BCUT2D eigenvalue weighted by atomic mass is 9.72. The van der Waals surface area contributed by atoms with Crippen molar-refractivity contribution in [2.75, 3.05) is 0 Å². The molecule has 2 rings (SSSR count). The summed E-state index contributed by atoms with van der Waals surface area (Å²) < 4.78 is 0. The molecule has 22 heavy (non-hydrogen) atoms. The van der Waals surface area contributed by atoms with Crippen LogP contribution in [-0.2, 0) is 0 Å². The lowest BCUT2D eigenvalue weighted by molar-refractivity contribution is 0.376. The molecule has 0 bridgehead atoms. The second-order valence-electron chi connectivity index (χ2n) is 7.60. The third-order valence-corrected chi connectivity index (χ3v) is 4.51. The summed E-state index contributed by atoms with van der Waals surface area (Å²) in [5.74, 6) is 6.68. The summed E-state index contributed by atoms with van der Waals surface area (Å²) in [6.07, 6.45) is 8.43. The van der Waals surface area contributed by atoms with Gasteiger partial charge in [0.1, 0.15) is 0 Å². The number of benzene rings is 1. The maximum atomic E-state index is 3.40. The fraction of sp³-hybridized carbons (Fsp3) is 0.455. The third-order valence-electron chi connectivity index (χ3n) is 4.51. The molecule has 0 N–H and O–H groups in total. The number of rotatable bonds is 2. The molecule has 0 fully saturated rings. The molecule has 0 aliphatic heterocycles. The van der Waals surface area contributed by atoms with Gasteiger partial charge in [-0.3, -0.25) is 0 Å². The van der Waals surface area contributed by atoms with E-state index >= 15 is 0 Å². The Kier molecular flexibility index (Phi) is 4.97. The first-order chi connectivity index (χ1) is 10.3. The first-order valence-electron chi connectivity index (χ1n) is 8.28. The normalized spacial score (nSPS) is 18.2. The monoisotopic (exact) mass is 292 g/mol. The fourth-order valence-electron chi connectivity index (χ4n) is 3.10. The zero-order chi connectivity index (χ0) is 16.2. The Morgan fingerprint density at radius 1 is 1.14 bits per heavy atom. The van der Waals surface area contributed by atoms with Gasteiger partial charge in [-0.15, -0.1) is 0 Å². The average Bonchev–Trinajstić information content (AvgIpc) is 2.45. The van der Waals surface area contributed by atoms with Crippen molar-refractivity contribution < 1.29 is 0 Å². The molecule has 0 spiro atoms. The molecule has 116 valence electrons. The van der Waals surface area contributed by atoms with E-state index in [0.717, 1.165) is 5.56 Å². The van der Waals surface area contributed by atoms with Crippen LogP contribution >= 0.6 is 0 Å². The van der Waals surface area contributed by atoms with E-state index in [1.54, 1.807) is 5.57 Å². The van der Waals surface area contributed by atoms with Crippen molar-refractivity contribution in [3.8, 4) is 11.8 Å². The van der Waals surface area contributed by atoms with Gasteiger partial charge in [-0.1, -0.05) is 61.6 Å². The van der Waals surface area contributed by atoms with Crippen LogP contribution in [0.2, 0.25) is 0 Å². The standard InChI is InChI=1S/C22H28/c1-18-10-9-15-22(4,5)20(18)14-17-21(2,3)16-13-19-11-7-6-8-12-19/h6-8,11-12,14,17H,9-10,15H2,1-5H3/b17-14+. The van der Waals surface area contributed by atoms with Crippen molar-refractivity contribution in [3.63, 3.8) is 0 Å². The van der Waals surface area contributed by atoms with E-state index in [1.807, 2.05) is 18.2 Å². The van der Waals surface area contributed by atoms with E-state index in [-0.39, 0.29) is 5.41 Å². The van der Waals surface area contributed by atoms with Crippen LogP contribution in [0.4, 0.5) is 0 Å². The molecule has 0 heteroatoms. The van der Waals surface area contributed by atoms with Crippen molar-refractivity contribution in [3.05, 3.63) is 59.2 Å². The zero-order valence-electron chi connectivity index (χ0n) is 14.7. The lowest BCUT2D eigenvalue weighted by Gasteiger charge is -2.33. The van der Waals surface area contributed by atoms with E-state index in [9.17, 15) is 0 Å². The summed E-state index contributed by atoms with van der Waals surface area (Å²) in [5, 5.41) is 0. The summed E-state index contributed by atoms with van der Waals surface area (Å²) in [4.78, 5) is 0. The third kappa shape index (κ3) is 4.38. The predicted octanol–water partition coefficient (Wildman–Crippen LogP) is 6.15. The SMILES string of the molecule is CC1=C(/C=C/C(C)(C)C#Cc2ccccc2)C(C)(C)CCC1. The molecular formula is C22H28. The molecule has 1 aromatic rings. The Morgan fingerprint density at radius 2 is 1.82 bits per heavy atom. The molecule has 1 aromatic carbocycles. The topological polar surface area (TPSA) is 0 Å². The maximum absolute atomic E-state index is 3.40. The first-order valence-corrected chi connectivity index (χ1v) is 8.28. The van der Waals surface area contributed by atoms with Crippen LogP contribution in [0, 0.1) is 22.7 Å². The van der Waals surface area contributed by atoms with E-state index in [4.69, 9.17) is 0 Å². The summed E-state index contributed by atoms with van der Waals surface area (Å²) in [5.41, 5.74) is 4.31. The molecule has 0 amide bonds. The average molecular weight is 292 g/mol. The predicted molar refractivity (Wildman–Crippen MR) is 96.6 cm³/mol. The molecule has 0 unspecified atom stereocenters. The van der Waals surface area contributed by atoms with Crippen LogP contribution < -0.4 is 0 Å². The van der Waals surface area contributed by atoms with Gasteiger partial charge in [-0.25, -0.2) is 0 Å². The van der Waals surface area contributed by atoms with Crippen molar-refractivity contribution in [1.29, 1.82) is 0 Å². The second kappa shape index (κ2) is 6.57. The molecule has 1 aliphatic rings. The van der Waals surface area contributed by atoms with Gasteiger partial charge in [0.05, 0.1) is 0 Å². The van der Waals surface area contributed by atoms with E-state index < -0.39 is 0 Å². The van der Waals surface area contributed by atoms with E-state index in [1.165, 1.54) is 24.8 Å². The van der Waals surface area contributed by atoms with Crippen LogP contribution in [0.15, 0.2) is 53.6 Å². The Hall–Kier alpha value is -1.74. The highest BCUT2D eigenvalue weighted by Gasteiger charge is 2.27. The van der Waals surface area contributed by atoms with Crippen LogP contribution in [0.1, 0.15) is 59.4 Å². The van der Waals surface area contributed by atoms with Crippen LogP contribution in [0.25, 0.3) is 0 Å². The lowest BCUT2D eigenvalue weighted by Crippen LogP contribution is -2.19. The highest BCUT2D eigenvalue weighted by Crippen LogP contribution is 2.41. The van der Waals surface area contributed by atoms with Crippen molar-refractivity contribution in [2.24, 2.45) is 10.8 Å². The Balaban J connectivity index is 2.20. The Bertz CT molecular complexity index is 628. The summed E-state index contributed by atoms with van der Waals surface area (Å²) in [6.45, 7) is 11.4. The number of allylic oxidation sites excluding steroid dienone is 4. The smallest absolute Gasteiger partial charge is 0.0444 e. The van der Waals surface area contributed by atoms with Gasteiger partial charge in [-0.05, 0) is 63.2 Å². The molecule has 0 heterocycles. The van der Waals surface area contributed by atoms with Gasteiger partial charge >= 0.3 is 0 Å². The zero-order valence-corrected chi connectivity index (χ0v) is 14.7. The Morgan fingerprint density at radius 3 is 2.45 bits per heavy atom. The minimum atomic E-state index is -0.114. The Labute approximate surface area is 136 Å². The quantitative estimate of drug-likeness (QED) is 0.574. The molecule has 0 saturated carbocycles. The highest BCUT2D eigenvalue weighted by molar-refractivity contribution is 5.38. The second-order valence-corrected chi connectivity index (χ2v) is 7.60. The molecule has 1 aliphatic carbocycles. The van der Waals surface area contributed by atoms with Gasteiger partial charge < -0.3 is 0 Å². The fourth-order valence-corrected chi connectivity index (χ4v) is 3.10. The number of hydrogen-bond acceptors (Lipinski definition) is 0. The van der Waals surface area contributed by atoms with Gasteiger partial charge in [0, 0.05) is 11.0 Å². The van der Waals surface area contributed by atoms with Crippen LogP contribution in [0.5, 0.6) is 0 Å². The maximum Gasteiger partial charge on any atom is 0.0444 e. The van der Waals surface area contributed by atoms with Gasteiger partial charge in [0.2, 0.25) is 0 Å². The number of hydrogen-bond donors (Lipinski definition) is 0. The molecular weight excluding hydrogens is 264 g/mol. The van der Waals surface area contributed by atoms with E-state index in [2.05, 4.69) is 70.7 Å². The summed E-state index contributed by atoms with van der Waals surface area (Å²) in [7, 11) is 0. The summed E-state index contributed by atoms with van der Waals surface area (Å²) >= 11 is 0.